The monoisotopic (exact) mass is 486 g/mol. The predicted molar refractivity (Wildman–Crippen MR) is 139 cm³/mol. The second-order valence-electron chi connectivity index (χ2n) is 9.18. The van der Waals surface area contributed by atoms with E-state index in [2.05, 4.69) is 70.2 Å². The molecule has 0 spiro atoms. The number of rotatable bonds is 12. The van der Waals surface area contributed by atoms with E-state index in [1.165, 1.54) is 21.9 Å². The molecule has 0 amide bonds. The summed E-state index contributed by atoms with van der Waals surface area (Å²) in [6.07, 6.45) is 3.81. The standard InChI is InChI=1S/C29H34N4O3/c1-2-8-23(9-3-1)20-34-16-7-17-35-22-26-19-33(32-31-26)28-14-15-30-18-29(28)36-21-25-12-6-11-24-10-4-5-13-27(24)25/h1-6,8-13,19,28-30H,7,14-18,20-22H2. The van der Waals surface area contributed by atoms with E-state index in [4.69, 9.17) is 14.2 Å². The number of ether oxygens (including phenoxy) is 3. The van der Waals surface area contributed by atoms with Crippen LogP contribution in [0.5, 0.6) is 0 Å². The van der Waals surface area contributed by atoms with Crippen LogP contribution in [0.4, 0.5) is 0 Å². The van der Waals surface area contributed by atoms with E-state index in [9.17, 15) is 0 Å². The van der Waals surface area contributed by atoms with Crippen LogP contribution in [-0.4, -0.2) is 47.4 Å². The Kier molecular flexibility index (Phi) is 8.70. The van der Waals surface area contributed by atoms with E-state index < -0.39 is 0 Å². The lowest BCUT2D eigenvalue weighted by molar-refractivity contribution is -0.0109. The molecule has 0 saturated carbocycles. The van der Waals surface area contributed by atoms with Gasteiger partial charge in [-0.1, -0.05) is 78.0 Å². The molecule has 4 aromatic rings. The zero-order valence-corrected chi connectivity index (χ0v) is 20.6. The summed E-state index contributed by atoms with van der Waals surface area (Å²) < 4.78 is 19.9. The largest absolute Gasteiger partial charge is 0.377 e. The van der Waals surface area contributed by atoms with Crippen LogP contribution in [0.15, 0.2) is 79.0 Å². The van der Waals surface area contributed by atoms with Gasteiger partial charge in [0, 0.05) is 19.8 Å². The SMILES string of the molecule is c1ccc(COCCCOCc2cn(C3CCNCC3OCc3cccc4ccccc34)nn2)cc1. The Hall–Kier alpha value is -3.10. The quantitative estimate of drug-likeness (QED) is 0.293. The van der Waals surface area contributed by atoms with Gasteiger partial charge in [-0.15, -0.1) is 5.10 Å². The Bertz CT molecular complexity index is 1210. The van der Waals surface area contributed by atoms with Crippen molar-refractivity contribution in [1.82, 2.24) is 20.3 Å². The molecular weight excluding hydrogens is 452 g/mol. The molecule has 1 aromatic heterocycles. The zero-order valence-electron chi connectivity index (χ0n) is 20.6. The molecule has 1 aliphatic heterocycles. The highest BCUT2D eigenvalue weighted by atomic mass is 16.5. The molecule has 1 N–H and O–H groups in total. The van der Waals surface area contributed by atoms with Crippen LogP contribution in [-0.2, 0) is 34.0 Å². The third kappa shape index (κ3) is 6.56. The van der Waals surface area contributed by atoms with Gasteiger partial charge in [0.25, 0.3) is 0 Å². The molecule has 3 aromatic carbocycles. The normalized spacial score (nSPS) is 18.0. The predicted octanol–water partition coefficient (Wildman–Crippen LogP) is 4.67. The van der Waals surface area contributed by atoms with E-state index in [0.29, 0.717) is 33.0 Å². The van der Waals surface area contributed by atoms with Crippen LogP contribution < -0.4 is 5.32 Å². The summed E-state index contributed by atoms with van der Waals surface area (Å²) >= 11 is 0. The number of fused-ring (bicyclic) bond motifs is 1. The van der Waals surface area contributed by atoms with E-state index in [-0.39, 0.29) is 12.1 Å². The third-order valence-corrected chi connectivity index (χ3v) is 6.56. The molecule has 2 unspecified atom stereocenters. The summed E-state index contributed by atoms with van der Waals surface area (Å²) in [5, 5.41) is 14.7. The fourth-order valence-corrected chi connectivity index (χ4v) is 4.65. The van der Waals surface area contributed by atoms with Gasteiger partial charge in [-0.3, -0.25) is 0 Å². The summed E-state index contributed by atoms with van der Waals surface area (Å²) in [7, 11) is 0. The molecular formula is C29H34N4O3. The molecule has 7 nitrogen and oxygen atoms in total. The van der Waals surface area contributed by atoms with Gasteiger partial charge in [-0.25, -0.2) is 4.68 Å². The first-order valence-corrected chi connectivity index (χ1v) is 12.8. The zero-order chi connectivity index (χ0) is 24.4. The molecule has 7 heteroatoms. The Morgan fingerprint density at radius 2 is 1.67 bits per heavy atom. The highest BCUT2D eigenvalue weighted by molar-refractivity contribution is 5.85. The summed E-state index contributed by atoms with van der Waals surface area (Å²) in [5.74, 6) is 0. The Balaban J connectivity index is 1.08. The highest BCUT2D eigenvalue weighted by Gasteiger charge is 2.28. The van der Waals surface area contributed by atoms with Crippen molar-refractivity contribution in [1.29, 1.82) is 0 Å². The molecule has 1 saturated heterocycles. The minimum absolute atomic E-state index is 0.0231. The van der Waals surface area contributed by atoms with Gasteiger partial charge in [0.1, 0.15) is 5.69 Å². The highest BCUT2D eigenvalue weighted by Crippen LogP contribution is 2.25. The minimum atomic E-state index is 0.0231. The Labute approximate surface area is 212 Å². The van der Waals surface area contributed by atoms with E-state index in [1.54, 1.807) is 0 Å². The van der Waals surface area contributed by atoms with Crippen molar-refractivity contribution in [2.24, 2.45) is 0 Å². The third-order valence-electron chi connectivity index (χ3n) is 6.56. The van der Waals surface area contributed by atoms with Gasteiger partial charge < -0.3 is 19.5 Å². The second-order valence-corrected chi connectivity index (χ2v) is 9.18. The Morgan fingerprint density at radius 3 is 2.58 bits per heavy atom. The second kappa shape index (κ2) is 12.7. The minimum Gasteiger partial charge on any atom is -0.377 e. The van der Waals surface area contributed by atoms with Gasteiger partial charge in [-0.2, -0.15) is 0 Å². The number of benzene rings is 3. The maximum Gasteiger partial charge on any atom is 0.108 e. The fourth-order valence-electron chi connectivity index (χ4n) is 4.65. The number of hydrogen-bond acceptors (Lipinski definition) is 6. The van der Waals surface area contributed by atoms with Crippen molar-refractivity contribution in [2.45, 2.75) is 44.8 Å². The topological polar surface area (TPSA) is 70.4 Å². The first kappa shape index (κ1) is 24.6. The summed E-state index contributed by atoms with van der Waals surface area (Å²) in [4.78, 5) is 0. The number of aromatic nitrogens is 3. The fraction of sp³-hybridized carbons (Fsp3) is 0.379. The maximum absolute atomic E-state index is 6.43. The van der Waals surface area contributed by atoms with Crippen LogP contribution in [0, 0.1) is 0 Å². The first-order valence-electron chi connectivity index (χ1n) is 12.8. The lowest BCUT2D eigenvalue weighted by atomic mass is 10.0. The average Bonchev–Trinajstić information content (AvgIpc) is 3.41. The van der Waals surface area contributed by atoms with Crippen molar-refractivity contribution in [3.8, 4) is 0 Å². The lowest BCUT2D eigenvalue weighted by Crippen LogP contribution is -2.43. The van der Waals surface area contributed by atoms with Crippen molar-refractivity contribution >= 4 is 10.8 Å². The summed E-state index contributed by atoms with van der Waals surface area (Å²) in [5.41, 5.74) is 3.23. The maximum atomic E-state index is 6.43. The van der Waals surface area contributed by atoms with Crippen molar-refractivity contribution < 1.29 is 14.2 Å². The van der Waals surface area contributed by atoms with Crippen LogP contribution in [0.25, 0.3) is 10.8 Å². The van der Waals surface area contributed by atoms with Crippen LogP contribution in [0.2, 0.25) is 0 Å². The molecule has 0 bridgehead atoms. The van der Waals surface area contributed by atoms with E-state index >= 15 is 0 Å². The van der Waals surface area contributed by atoms with Gasteiger partial charge >= 0.3 is 0 Å². The number of hydrogen-bond donors (Lipinski definition) is 1. The van der Waals surface area contributed by atoms with Crippen LogP contribution in [0.3, 0.4) is 0 Å². The molecule has 188 valence electrons. The van der Waals surface area contributed by atoms with Crippen molar-refractivity contribution in [2.75, 3.05) is 26.3 Å². The van der Waals surface area contributed by atoms with Gasteiger partial charge in [0.05, 0.1) is 38.2 Å². The van der Waals surface area contributed by atoms with E-state index in [1.807, 2.05) is 29.1 Å². The van der Waals surface area contributed by atoms with Gasteiger partial charge in [0.2, 0.25) is 0 Å². The van der Waals surface area contributed by atoms with Crippen molar-refractivity contribution in [3.63, 3.8) is 0 Å². The van der Waals surface area contributed by atoms with E-state index in [0.717, 1.165) is 31.6 Å². The molecule has 0 aliphatic carbocycles. The summed E-state index contributed by atoms with van der Waals surface area (Å²) in [6.45, 7) is 4.69. The smallest absolute Gasteiger partial charge is 0.108 e. The van der Waals surface area contributed by atoms with Gasteiger partial charge in [0.15, 0.2) is 0 Å². The van der Waals surface area contributed by atoms with Crippen LogP contribution in [0.1, 0.15) is 35.7 Å². The molecule has 0 radical (unpaired) electrons. The first-order chi connectivity index (χ1) is 17.9. The molecule has 1 fully saturated rings. The molecule has 5 rings (SSSR count). The summed E-state index contributed by atoms with van der Waals surface area (Å²) in [6, 6.07) is 25.2. The number of nitrogens with one attached hydrogen (secondary N) is 1. The van der Waals surface area contributed by atoms with Crippen LogP contribution >= 0.6 is 0 Å². The molecule has 2 heterocycles. The number of nitrogens with zero attached hydrogens (tertiary/aromatic N) is 3. The molecule has 36 heavy (non-hydrogen) atoms. The average molecular weight is 487 g/mol. The van der Waals surface area contributed by atoms with Gasteiger partial charge in [-0.05, 0) is 41.3 Å². The Morgan fingerprint density at radius 1 is 0.861 bits per heavy atom. The number of piperidine rings is 1. The van der Waals surface area contributed by atoms with Crippen molar-refractivity contribution in [3.05, 3.63) is 95.8 Å². The molecule has 1 aliphatic rings. The molecule has 2 atom stereocenters. The lowest BCUT2D eigenvalue weighted by Gasteiger charge is -2.32.